The number of piperazine rings is 1. The van der Waals surface area contributed by atoms with Crippen LogP contribution in [0, 0.1) is 0 Å². The highest BCUT2D eigenvalue weighted by Crippen LogP contribution is 2.18. The Morgan fingerprint density at radius 2 is 1.36 bits per heavy atom. The number of hydrogen-bond acceptors (Lipinski definition) is 5. The van der Waals surface area contributed by atoms with E-state index in [9.17, 15) is 9.59 Å². The molecule has 1 N–H and O–H groups in total. The zero-order chi connectivity index (χ0) is 22.9. The minimum atomic E-state index is -0.0615. The largest absolute Gasteiger partial charge is 0.378 e. The molecule has 0 spiro atoms. The molecule has 0 saturated carbocycles. The first-order valence-electron chi connectivity index (χ1n) is 11.9. The van der Waals surface area contributed by atoms with Gasteiger partial charge in [-0.15, -0.1) is 0 Å². The summed E-state index contributed by atoms with van der Waals surface area (Å²) in [5.41, 5.74) is 2.31. The van der Waals surface area contributed by atoms with Crippen molar-refractivity contribution < 1.29 is 14.3 Å². The summed E-state index contributed by atoms with van der Waals surface area (Å²) < 4.78 is 5.33. The van der Waals surface area contributed by atoms with E-state index in [4.69, 9.17) is 4.74 Å². The highest BCUT2D eigenvalue weighted by Gasteiger charge is 2.24. The zero-order valence-electron chi connectivity index (χ0n) is 19.2. The van der Waals surface area contributed by atoms with Gasteiger partial charge in [-0.1, -0.05) is 60.7 Å². The molecule has 2 fully saturated rings. The van der Waals surface area contributed by atoms with Crippen molar-refractivity contribution in [1.29, 1.82) is 0 Å². The SMILES string of the molecule is O=C(CN1CCN(CC(=O)N2CCOCC2)CC1)N[C@@H](Cc1ccccc1)c1ccccc1. The second kappa shape index (κ2) is 11.9. The summed E-state index contributed by atoms with van der Waals surface area (Å²) in [6, 6.07) is 20.4. The van der Waals surface area contributed by atoms with Gasteiger partial charge in [-0.3, -0.25) is 19.4 Å². The lowest BCUT2D eigenvalue weighted by atomic mass is 9.99. The van der Waals surface area contributed by atoms with Crippen molar-refractivity contribution >= 4 is 11.8 Å². The Kier molecular flexibility index (Phi) is 8.47. The third-order valence-electron chi connectivity index (χ3n) is 6.37. The number of nitrogens with zero attached hydrogens (tertiary/aromatic N) is 3. The minimum absolute atomic E-state index is 0.0395. The van der Waals surface area contributed by atoms with Gasteiger partial charge in [0, 0.05) is 39.3 Å². The summed E-state index contributed by atoms with van der Waals surface area (Å²) in [4.78, 5) is 31.6. The average Bonchev–Trinajstić information content (AvgIpc) is 2.86. The van der Waals surface area contributed by atoms with Crippen molar-refractivity contribution in [2.75, 3.05) is 65.6 Å². The van der Waals surface area contributed by atoms with Gasteiger partial charge < -0.3 is 15.0 Å². The predicted octanol–water partition coefficient (Wildman–Crippen LogP) is 1.56. The second-order valence-electron chi connectivity index (χ2n) is 8.77. The highest BCUT2D eigenvalue weighted by molar-refractivity contribution is 5.79. The third-order valence-corrected chi connectivity index (χ3v) is 6.37. The van der Waals surface area contributed by atoms with Gasteiger partial charge in [-0.2, -0.15) is 0 Å². The maximum Gasteiger partial charge on any atom is 0.236 e. The van der Waals surface area contributed by atoms with Crippen LogP contribution in [0.15, 0.2) is 60.7 Å². The average molecular weight is 451 g/mol. The number of amides is 2. The standard InChI is InChI=1S/C26H34N4O3/c31-25(27-24(23-9-5-2-6-10-23)19-22-7-3-1-4-8-22)20-28-11-13-29(14-12-28)21-26(32)30-15-17-33-18-16-30/h1-10,24H,11-21H2,(H,27,31)/t24-/m0/s1. The van der Waals surface area contributed by atoms with Gasteiger partial charge >= 0.3 is 0 Å². The molecule has 2 aliphatic heterocycles. The topological polar surface area (TPSA) is 65.1 Å². The fraction of sp³-hybridized carbons (Fsp3) is 0.462. The number of morpholine rings is 1. The van der Waals surface area contributed by atoms with Gasteiger partial charge in [0.1, 0.15) is 0 Å². The van der Waals surface area contributed by atoms with E-state index in [0.29, 0.717) is 39.4 Å². The Hall–Kier alpha value is -2.74. The molecular formula is C26H34N4O3. The van der Waals surface area contributed by atoms with Crippen LogP contribution in [0.5, 0.6) is 0 Å². The molecule has 2 saturated heterocycles. The van der Waals surface area contributed by atoms with Crippen LogP contribution in [0.25, 0.3) is 0 Å². The monoisotopic (exact) mass is 450 g/mol. The van der Waals surface area contributed by atoms with E-state index in [0.717, 1.165) is 38.2 Å². The molecular weight excluding hydrogens is 416 g/mol. The van der Waals surface area contributed by atoms with E-state index in [1.54, 1.807) is 0 Å². The second-order valence-corrected chi connectivity index (χ2v) is 8.77. The number of ether oxygens (including phenoxy) is 1. The van der Waals surface area contributed by atoms with E-state index in [1.807, 2.05) is 41.3 Å². The first-order chi connectivity index (χ1) is 16.2. The van der Waals surface area contributed by atoms with E-state index >= 15 is 0 Å². The molecule has 2 heterocycles. The van der Waals surface area contributed by atoms with Crippen LogP contribution >= 0.6 is 0 Å². The van der Waals surface area contributed by atoms with Crippen molar-refractivity contribution in [3.8, 4) is 0 Å². The van der Waals surface area contributed by atoms with Crippen LogP contribution in [-0.2, 0) is 20.7 Å². The van der Waals surface area contributed by atoms with Crippen LogP contribution in [-0.4, -0.2) is 92.1 Å². The summed E-state index contributed by atoms with van der Waals surface area (Å²) in [6.45, 7) is 6.64. The molecule has 7 heteroatoms. The number of carbonyl (C=O) groups is 2. The molecule has 0 unspecified atom stereocenters. The zero-order valence-corrected chi connectivity index (χ0v) is 19.2. The molecule has 4 rings (SSSR count). The Morgan fingerprint density at radius 3 is 2.00 bits per heavy atom. The van der Waals surface area contributed by atoms with Crippen molar-refractivity contribution in [2.24, 2.45) is 0 Å². The van der Waals surface area contributed by atoms with E-state index in [2.05, 4.69) is 39.4 Å². The lowest BCUT2D eigenvalue weighted by Gasteiger charge is -2.35. The summed E-state index contributed by atoms with van der Waals surface area (Å²) in [5.74, 6) is 0.216. The Morgan fingerprint density at radius 1 is 0.788 bits per heavy atom. The van der Waals surface area contributed by atoms with Gasteiger partial charge in [0.2, 0.25) is 11.8 Å². The van der Waals surface area contributed by atoms with E-state index in [1.165, 1.54) is 5.56 Å². The molecule has 176 valence electrons. The summed E-state index contributed by atoms with van der Waals surface area (Å²) in [6.07, 6.45) is 0.758. The molecule has 33 heavy (non-hydrogen) atoms. The molecule has 2 aromatic carbocycles. The van der Waals surface area contributed by atoms with Crippen molar-refractivity contribution in [2.45, 2.75) is 12.5 Å². The van der Waals surface area contributed by atoms with E-state index < -0.39 is 0 Å². The fourth-order valence-corrected chi connectivity index (χ4v) is 4.44. The van der Waals surface area contributed by atoms with Crippen LogP contribution in [0.1, 0.15) is 17.2 Å². The Balaban J connectivity index is 1.25. The molecule has 2 amide bonds. The number of nitrogens with one attached hydrogen (secondary N) is 1. The molecule has 7 nitrogen and oxygen atoms in total. The van der Waals surface area contributed by atoms with Gasteiger partial charge in [0.25, 0.3) is 0 Å². The quantitative estimate of drug-likeness (QED) is 0.661. The normalized spacial score (nSPS) is 18.6. The lowest BCUT2D eigenvalue weighted by Crippen LogP contribution is -2.53. The molecule has 2 aromatic rings. The maximum atomic E-state index is 12.9. The van der Waals surface area contributed by atoms with Crippen molar-refractivity contribution in [3.63, 3.8) is 0 Å². The number of hydrogen-bond donors (Lipinski definition) is 1. The fourth-order valence-electron chi connectivity index (χ4n) is 4.44. The number of rotatable bonds is 8. The summed E-state index contributed by atoms with van der Waals surface area (Å²) >= 11 is 0. The first kappa shape index (κ1) is 23.4. The molecule has 1 atom stereocenters. The Labute approximate surface area is 196 Å². The molecule has 0 radical (unpaired) electrons. The molecule has 0 aliphatic carbocycles. The summed E-state index contributed by atoms with van der Waals surface area (Å²) in [5, 5.41) is 3.25. The van der Waals surface area contributed by atoms with Crippen LogP contribution < -0.4 is 5.32 Å². The van der Waals surface area contributed by atoms with Crippen molar-refractivity contribution in [1.82, 2.24) is 20.0 Å². The van der Waals surface area contributed by atoms with Crippen LogP contribution in [0.3, 0.4) is 0 Å². The van der Waals surface area contributed by atoms with Gasteiger partial charge in [-0.05, 0) is 17.5 Å². The first-order valence-corrected chi connectivity index (χ1v) is 11.9. The van der Waals surface area contributed by atoms with Crippen molar-refractivity contribution in [3.05, 3.63) is 71.8 Å². The highest BCUT2D eigenvalue weighted by atomic mass is 16.5. The Bertz CT molecular complexity index is 879. The molecule has 0 aromatic heterocycles. The van der Waals surface area contributed by atoms with E-state index in [-0.39, 0.29) is 17.9 Å². The third kappa shape index (κ3) is 7.12. The molecule has 0 bridgehead atoms. The number of carbonyl (C=O) groups excluding carboxylic acids is 2. The predicted molar refractivity (Wildman–Crippen MR) is 128 cm³/mol. The van der Waals surface area contributed by atoms with Gasteiger partial charge in [-0.25, -0.2) is 0 Å². The van der Waals surface area contributed by atoms with Crippen LogP contribution in [0.4, 0.5) is 0 Å². The summed E-state index contributed by atoms with van der Waals surface area (Å²) in [7, 11) is 0. The lowest BCUT2D eigenvalue weighted by molar-refractivity contribution is -0.137. The van der Waals surface area contributed by atoms with Gasteiger partial charge in [0.15, 0.2) is 0 Å². The maximum absolute atomic E-state index is 12.9. The van der Waals surface area contributed by atoms with Crippen LogP contribution in [0.2, 0.25) is 0 Å². The smallest absolute Gasteiger partial charge is 0.236 e. The minimum Gasteiger partial charge on any atom is -0.378 e. The molecule has 2 aliphatic rings. The van der Waals surface area contributed by atoms with Gasteiger partial charge in [0.05, 0.1) is 32.3 Å². The number of benzene rings is 2.